The molecule has 24 heavy (non-hydrogen) atoms. The predicted octanol–water partition coefficient (Wildman–Crippen LogP) is 2.31. The number of H-pyrrole nitrogens is 1. The first-order valence-electron chi connectivity index (χ1n) is 7.99. The maximum atomic E-state index is 12.0. The van der Waals surface area contributed by atoms with Gasteiger partial charge in [0.15, 0.2) is 5.82 Å². The summed E-state index contributed by atoms with van der Waals surface area (Å²) in [5, 5.41) is 19.0. The topological polar surface area (TPSA) is 98.9 Å². The van der Waals surface area contributed by atoms with Crippen LogP contribution in [-0.2, 0) is 0 Å². The van der Waals surface area contributed by atoms with Gasteiger partial charge < -0.3 is 5.32 Å². The molecule has 0 radical (unpaired) electrons. The SMILES string of the molecule is N#Cc1cccc(-c2cn3c(=O)[nH]nc3c(NC3CCCC3)n2)c1. The molecule has 1 aromatic carbocycles. The number of benzene rings is 1. The third kappa shape index (κ3) is 2.52. The minimum absolute atomic E-state index is 0.306. The molecule has 2 N–H and O–H groups in total. The van der Waals surface area contributed by atoms with Crippen molar-refractivity contribution in [2.45, 2.75) is 31.7 Å². The van der Waals surface area contributed by atoms with Crippen molar-refractivity contribution in [1.82, 2.24) is 19.6 Å². The van der Waals surface area contributed by atoms with E-state index in [-0.39, 0.29) is 5.69 Å². The summed E-state index contributed by atoms with van der Waals surface area (Å²) in [6, 6.07) is 9.66. The van der Waals surface area contributed by atoms with Crippen molar-refractivity contribution in [2.24, 2.45) is 0 Å². The highest BCUT2D eigenvalue weighted by atomic mass is 16.1. The molecule has 1 aliphatic carbocycles. The molecule has 1 aliphatic rings. The van der Waals surface area contributed by atoms with E-state index in [2.05, 4.69) is 26.6 Å². The number of aromatic amines is 1. The van der Waals surface area contributed by atoms with Crippen molar-refractivity contribution in [1.29, 1.82) is 5.26 Å². The summed E-state index contributed by atoms with van der Waals surface area (Å²) in [6.07, 6.45) is 6.24. The lowest BCUT2D eigenvalue weighted by Crippen LogP contribution is -2.18. The van der Waals surface area contributed by atoms with Crippen LogP contribution in [0.15, 0.2) is 35.3 Å². The van der Waals surface area contributed by atoms with E-state index >= 15 is 0 Å². The molecule has 1 fully saturated rings. The Balaban J connectivity index is 1.85. The van der Waals surface area contributed by atoms with Crippen LogP contribution in [-0.4, -0.2) is 25.6 Å². The summed E-state index contributed by atoms with van der Waals surface area (Å²) in [6.45, 7) is 0. The monoisotopic (exact) mass is 320 g/mol. The molecule has 120 valence electrons. The average molecular weight is 320 g/mol. The van der Waals surface area contributed by atoms with Crippen LogP contribution in [0.1, 0.15) is 31.2 Å². The summed E-state index contributed by atoms with van der Waals surface area (Å²) < 4.78 is 1.46. The molecule has 7 heteroatoms. The molecule has 0 amide bonds. The average Bonchev–Trinajstić information content (AvgIpc) is 3.25. The van der Waals surface area contributed by atoms with Crippen LogP contribution >= 0.6 is 0 Å². The number of nitrogens with one attached hydrogen (secondary N) is 2. The summed E-state index contributed by atoms with van der Waals surface area (Å²) in [7, 11) is 0. The van der Waals surface area contributed by atoms with Crippen LogP contribution in [0.3, 0.4) is 0 Å². The standard InChI is InChI=1S/C17H16N6O/c18-9-11-4-3-5-12(8-11)14-10-23-16(21-22-17(23)24)15(20-14)19-13-6-1-2-7-13/h3-5,8,10,13H,1-2,6-7H2,(H,19,20)(H,22,24). The number of nitriles is 1. The van der Waals surface area contributed by atoms with Crippen molar-refractivity contribution in [3.63, 3.8) is 0 Å². The van der Waals surface area contributed by atoms with Gasteiger partial charge in [-0.3, -0.25) is 0 Å². The molecule has 1 saturated carbocycles. The Morgan fingerprint density at radius 2 is 2.17 bits per heavy atom. The van der Waals surface area contributed by atoms with Gasteiger partial charge in [-0.1, -0.05) is 25.0 Å². The third-order valence-corrected chi connectivity index (χ3v) is 4.38. The van der Waals surface area contributed by atoms with Crippen LogP contribution < -0.4 is 11.0 Å². The van der Waals surface area contributed by atoms with Crippen LogP contribution in [0.2, 0.25) is 0 Å². The maximum Gasteiger partial charge on any atom is 0.347 e. The second-order valence-electron chi connectivity index (χ2n) is 6.02. The molecule has 2 aromatic heterocycles. The Morgan fingerprint density at radius 1 is 1.33 bits per heavy atom. The third-order valence-electron chi connectivity index (χ3n) is 4.38. The second kappa shape index (κ2) is 5.81. The van der Waals surface area contributed by atoms with E-state index in [1.54, 1.807) is 18.3 Å². The van der Waals surface area contributed by atoms with Gasteiger partial charge in [-0.25, -0.2) is 19.3 Å². The molecule has 0 aliphatic heterocycles. The second-order valence-corrected chi connectivity index (χ2v) is 6.02. The first-order chi connectivity index (χ1) is 11.7. The number of aromatic nitrogens is 4. The van der Waals surface area contributed by atoms with Crippen LogP contribution in [0, 0.1) is 11.3 Å². The number of hydrogen-bond acceptors (Lipinski definition) is 5. The number of nitrogens with zero attached hydrogens (tertiary/aromatic N) is 4. The molecule has 7 nitrogen and oxygen atoms in total. The lowest BCUT2D eigenvalue weighted by atomic mass is 10.1. The highest BCUT2D eigenvalue weighted by molar-refractivity contribution is 5.69. The van der Waals surface area contributed by atoms with E-state index in [0.717, 1.165) is 18.4 Å². The van der Waals surface area contributed by atoms with E-state index in [1.165, 1.54) is 17.2 Å². The van der Waals surface area contributed by atoms with Crippen molar-refractivity contribution >= 4 is 11.5 Å². The van der Waals surface area contributed by atoms with Gasteiger partial charge in [-0.05, 0) is 25.0 Å². The number of fused-ring (bicyclic) bond motifs is 1. The molecule has 0 bridgehead atoms. The van der Waals surface area contributed by atoms with Gasteiger partial charge in [-0.15, -0.1) is 5.10 Å². The Hall–Kier alpha value is -3.14. The zero-order chi connectivity index (χ0) is 16.5. The van der Waals surface area contributed by atoms with Crippen molar-refractivity contribution < 1.29 is 0 Å². The van der Waals surface area contributed by atoms with E-state index < -0.39 is 0 Å². The normalized spacial score (nSPS) is 14.8. The molecule has 0 spiro atoms. The number of anilines is 1. The largest absolute Gasteiger partial charge is 0.364 e. The van der Waals surface area contributed by atoms with Crippen LogP contribution in [0.25, 0.3) is 16.9 Å². The van der Waals surface area contributed by atoms with Gasteiger partial charge in [0.2, 0.25) is 5.65 Å². The summed E-state index contributed by atoms with van der Waals surface area (Å²) in [5.74, 6) is 0.597. The fraction of sp³-hybridized carbons (Fsp3) is 0.294. The number of rotatable bonds is 3. The van der Waals surface area contributed by atoms with Gasteiger partial charge in [-0.2, -0.15) is 5.26 Å². The van der Waals surface area contributed by atoms with Gasteiger partial charge >= 0.3 is 5.69 Å². The van der Waals surface area contributed by atoms with Gasteiger partial charge in [0.25, 0.3) is 0 Å². The lowest BCUT2D eigenvalue weighted by molar-refractivity contribution is 0.750. The first-order valence-corrected chi connectivity index (χ1v) is 7.99. The van der Waals surface area contributed by atoms with Gasteiger partial charge in [0, 0.05) is 17.8 Å². The summed E-state index contributed by atoms with van der Waals surface area (Å²) in [4.78, 5) is 16.7. The minimum Gasteiger partial charge on any atom is -0.364 e. The summed E-state index contributed by atoms with van der Waals surface area (Å²) in [5.41, 5.74) is 2.16. The molecular weight excluding hydrogens is 304 g/mol. The number of hydrogen-bond donors (Lipinski definition) is 2. The molecule has 0 atom stereocenters. The lowest BCUT2D eigenvalue weighted by Gasteiger charge is -2.14. The molecule has 4 rings (SSSR count). The Labute approximate surface area is 138 Å². The molecule has 0 unspecified atom stereocenters. The quantitative estimate of drug-likeness (QED) is 0.771. The van der Waals surface area contributed by atoms with E-state index in [1.807, 2.05) is 12.1 Å². The van der Waals surface area contributed by atoms with Crippen molar-refractivity contribution in [2.75, 3.05) is 5.32 Å². The Morgan fingerprint density at radius 3 is 2.96 bits per heavy atom. The highest BCUT2D eigenvalue weighted by Gasteiger charge is 2.19. The predicted molar refractivity (Wildman–Crippen MR) is 89.6 cm³/mol. The first kappa shape index (κ1) is 14.5. The van der Waals surface area contributed by atoms with Crippen LogP contribution in [0.4, 0.5) is 5.82 Å². The molecule has 2 heterocycles. The minimum atomic E-state index is -0.306. The van der Waals surface area contributed by atoms with Crippen LogP contribution in [0.5, 0.6) is 0 Å². The Kier molecular flexibility index (Phi) is 3.50. The fourth-order valence-electron chi connectivity index (χ4n) is 3.16. The summed E-state index contributed by atoms with van der Waals surface area (Å²) >= 11 is 0. The molecule has 0 saturated heterocycles. The zero-order valence-electron chi connectivity index (χ0n) is 13.0. The van der Waals surface area contributed by atoms with E-state index in [0.29, 0.717) is 28.8 Å². The fourth-order valence-corrected chi connectivity index (χ4v) is 3.16. The zero-order valence-corrected chi connectivity index (χ0v) is 13.0. The van der Waals surface area contributed by atoms with E-state index in [9.17, 15) is 4.79 Å². The van der Waals surface area contributed by atoms with Crippen molar-refractivity contribution in [3.05, 3.63) is 46.5 Å². The van der Waals surface area contributed by atoms with Gasteiger partial charge in [0.1, 0.15) is 0 Å². The van der Waals surface area contributed by atoms with E-state index in [4.69, 9.17) is 5.26 Å². The smallest absolute Gasteiger partial charge is 0.347 e. The molecular formula is C17H16N6O. The molecule has 3 aromatic rings. The highest BCUT2D eigenvalue weighted by Crippen LogP contribution is 2.25. The maximum absolute atomic E-state index is 12.0. The Bertz CT molecular complexity index is 990. The van der Waals surface area contributed by atoms with Crippen molar-refractivity contribution in [3.8, 4) is 17.3 Å². The van der Waals surface area contributed by atoms with Gasteiger partial charge in [0.05, 0.1) is 17.3 Å².